The van der Waals surface area contributed by atoms with E-state index in [1.807, 2.05) is 30.3 Å². The van der Waals surface area contributed by atoms with Gasteiger partial charge < -0.3 is 9.72 Å². The summed E-state index contributed by atoms with van der Waals surface area (Å²) in [5.41, 5.74) is 2.31. The number of imidazole rings is 1. The first kappa shape index (κ1) is 17.1. The normalized spacial score (nSPS) is 16.3. The molecule has 1 saturated heterocycles. The standard InChI is InChI=1S/C19H19F3N4/c20-19(21,22)15-6-7-17-24-18(14-4-2-1-3-5-14)16(26(17)12-15)13-25-10-8-23-9-11-25/h1-7,12,23H,8-11,13H2. The number of hydrogen-bond acceptors (Lipinski definition) is 3. The van der Waals surface area contributed by atoms with Crippen LogP contribution in [0.2, 0.25) is 0 Å². The van der Waals surface area contributed by atoms with Crippen molar-refractivity contribution in [1.29, 1.82) is 0 Å². The number of rotatable bonds is 3. The molecule has 0 amide bonds. The average Bonchev–Trinajstić information content (AvgIpc) is 3.00. The van der Waals surface area contributed by atoms with Gasteiger partial charge in [0.05, 0.1) is 17.0 Å². The molecule has 0 saturated carbocycles. The molecule has 0 unspecified atom stereocenters. The quantitative estimate of drug-likeness (QED) is 0.777. The molecule has 1 aromatic carbocycles. The van der Waals surface area contributed by atoms with E-state index in [-0.39, 0.29) is 0 Å². The van der Waals surface area contributed by atoms with Crippen LogP contribution >= 0.6 is 0 Å². The van der Waals surface area contributed by atoms with Gasteiger partial charge in [0, 0.05) is 44.5 Å². The minimum Gasteiger partial charge on any atom is -0.314 e. The summed E-state index contributed by atoms with van der Waals surface area (Å²) in [7, 11) is 0. The summed E-state index contributed by atoms with van der Waals surface area (Å²) in [6.45, 7) is 4.05. The maximum atomic E-state index is 13.2. The third-order valence-corrected chi connectivity index (χ3v) is 4.68. The van der Waals surface area contributed by atoms with Crippen LogP contribution in [0, 0.1) is 0 Å². The van der Waals surface area contributed by atoms with E-state index in [4.69, 9.17) is 0 Å². The first-order valence-corrected chi connectivity index (χ1v) is 8.59. The van der Waals surface area contributed by atoms with Crippen molar-refractivity contribution in [3.05, 3.63) is 59.9 Å². The van der Waals surface area contributed by atoms with Gasteiger partial charge in [-0.3, -0.25) is 4.90 Å². The molecular weight excluding hydrogens is 341 g/mol. The number of aromatic nitrogens is 2. The van der Waals surface area contributed by atoms with E-state index in [9.17, 15) is 13.2 Å². The summed E-state index contributed by atoms with van der Waals surface area (Å²) in [6, 6.07) is 12.1. The van der Waals surface area contributed by atoms with Crippen LogP contribution in [0.15, 0.2) is 48.7 Å². The zero-order valence-corrected chi connectivity index (χ0v) is 14.1. The van der Waals surface area contributed by atoms with Gasteiger partial charge in [-0.1, -0.05) is 30.3 Å². The number of piperazine rings is 1. The van der Waals surface area contributed by atoms with Crippen molar-refractivity contribution in [3.63, 3.8) is 0 Å². The van der Waals surface area contributed by atoms with Gasteiger partial charge in [-0.25, -0.2) is 4.98 Å². The molecule has 1 fully saturated rings. The summed E-state index contributed by atoms with van der Waals surface area (Å²) >= 11 is 0. The van der Waals surface area contributed by atoms with Gasteiger partial charge in [-0.2, -0.15) is 13.2 Å². The first-order chi connectivity index (χ1) is 12.5. The Morgan fingerprint density at radius 2 is 1.73 bits per heavy atom. The van der Waals surface area contributed by atoms with Crippen LogP contribution in [0.3, 0.4) is 0 Å². The zero-order valence-electron chi connectivity index (χ0n) is 14.1. The van der Waals surface area contributed by atoms with Gasteiger partial charge in [0.2, 0.25) is 0 Å². The van der Waals surface area contributed by atoms with Crippen molar-refractivity contribution >= 4 is 5.65 Å². The van der Waals surface area contributed by atoms with Crippen molar-refractivity contribution in [2.45, 2.75) is 12.7 Å². The van der Waals surface area contributed by atoms with Gasteiger partial charge in [0.25, 0.3) is 0 Å². The zero-order chi connectivity index (χ0) is 18.1. The maximum Gasteiger partial charge on any atom is 0.417 e. The smallest absolute Gasteiger partial charge is 0.314 e. The number of nitrogens with zero attached hydrogens (tertiary/aromatic N) is 3. The summed E-state index contributed by atoms with van der Waals surface area (Å²) in [5.74, 6) is 0. The lowest BCUT2D eigenvalue weighted by Crippen LogP contribution is -2.43. The van der Waals surface area contributed by atoms with Gasteiger partial charge in [0.1, 0.15) is 5.65 Å². The highest BCUT2D eigenvalue weighted by Crippen LogP contribution is 2.32. The van der Waals surface area contributed by atoms with Crippen molar-refractivity contribution in [2.75, 3.05) is 26.2 Å². The number of halogens is 3. The second kappa shape index (κ2) is 6.74. The largest absolute Gasteiger partial charge is 0.417 e. The van der Waals surface area contributed by atoms with Crippen molar-refractivity contribution < 1.29 is 13.2 Å². The van der Waals surface area contributed by atoms with Crippen LogP contribution in [0.5, 0.6) is 0 Å². The third-order valence-electron chi connectivity index (χ3n) is 4.68. The molecule has 0 spiro atoms. The highest BCUT2D eigenvalue weighted by atomic mass is 19.4. The molecule has 4 nitrogen and oxygen atoms in total. The van der Waals surface area contributed by atoms with Crippen LogP contribution < -0.4 is 5.32 Å². The Bertz CT molecular complexity index is 896. The Morgan fingerprint density at radius 1 is 1.00 bits per heavy atom. The SMILES string of the molecule is FC(F)(F)c1ccc2nc(-c3ccccc3)c(CN3CCNCC3)n2c1. The number of nitrogens with one attached hydrogen (secondary N) is 1. The fourth-order valence-corrected chi connectivity index (χ4v) is 3.32. The van der Waals surface area contributed by atoms with E-state index >= 15 is 0 Å². The van der Waals surface area contributed by atoms with E-state index < -0.39 is 11.7 Å². The Kier molecular flexibility index (Phi) is 4.42. The van der Waals surface area contributed by atoms with Crippen LogP contribution in [-0.4, -0.2) is 40.5 Å². The van der Waals surface area contributed by atoms with E-state index in [0.29, 0.717) is 12.2 Å². The van der Waals surface area contributed by atoms with Crippen molar-refractivity contribution in [2.24, 2.45) is 0 Å². The van der Waals surface area contributed by atoms with Gasteiger partial charge >= 0.3 is 6.18 Å². The average molecular weight is 360 g/mol. The molecule has 7 heteroatoms. The summed E-state index contributed by atoms with van der Waals surface area (Å²) in [6.07, 6.45) is -3.22. The molecule has 1 aliphatic heterocycles. The molecule has 0 bridgehead atoms. The van der Waals surface area contributed by atoms with Crippen LogP contribution in [0.25, 0.3) is 16.9 Å². The van der Waals surface area contributed by atoms with Crippen molar-refractivity contribution in [1.82, 2.24) is 19.6 Å². The van der Waals surface area contributed by atoms with Gasteiger partial charge in [-0.15, -0.1) is 0 Å². The van der Waals surface area contributed by atoms with Crippen LogP contribution in [0.1, 0.15) is 11.3 Å². The third kappa shape index (κ3) is 3.32. The predicted octanol–water partition coefficient (Wildman–Crippen LogP) is 3.43. The summed E-state index contributed by atoms with van der Waals surface area (Å²) in [4.78, 5) is 6.87. The Morgan fingerprint density at radius 3 is 2.42 bits per heavy atom. The first-order valence-electron chi connectivity index (χ1n) is 8.59. The molecule has 26 heavy (non-hydrogen) atoms. The fraction of sp³-hybridized carbons (Fsp3) is 0.316. The molecule has 0 atom stereocenters. The second-order valence-electron chi connectivity index (χ2n) is 6.44. The second-order valence-corrected chi connectivity index (χ2v) is 6.44. The lowest BCUT2D eigenvalue weighted by Gasteiger charge is -2.27. The molecule has 3 aromatic rings. The molecule has 0 aliphatic carbocycles. The number of benzene rings is 1. The lowest BCUT2D eigenvalue weighted by molar-refractivity contribution is -0.137. The fourth-order valence-electron chi connectivity index (χ4n) is 3.32. The number of hydrogen-bond donors (Lipinski definition) is 1. The van der Waals surface area contributed by atoms with Gasteiger partial charge in [0.15, 0.2) is 0 Å². The predicted molar refractivity (Wildman–Crippen MR) is 93.8 cm³/mol. The van der Waals surface area contributed by atoms with Crippen LogP contribution in [0.4, 0.5) is 13.2 Å². The molecule has 1 N–H and O–H groups in total. The summed E-state index contributed by atoms with van der Waals surface area (Å²) in [5, 5.41) is 3.29. The highest BCUT2D eigenvalue weighted by Gasteiger charge is 2.31. The van der Waals surface area contributed by atoms with E-state index in [1.54, 1.807) is 4.40 Å². The summed E-state index contributed by atoms with van der Waals surface area (Å²) < 4.78 is 41.1. The topological polar surface area (TPSA) is 32.6 Å². The minimum atomic E-state index is -4.38. The van der Waals surface area contributed by atoms with E-state index in [0.717, 1.165) is 55.4 Å². The maximum absolute atomic E-state index is 13.2. The number of alkyl halides is 3. The Hall–Kier alpha value is -2.38. The Labute approximate surface area is 149 Å². The molecule has 136 valence electrons. The minimum absolute atomic E-state index is 0.530. The van der Waals surface area contributed by atoms with Gasteiger partial charge in [-0.05, 0) is 12.1 Å². The molecular formula is C19H19F3N4. The molecule has 3 heterocycles. The lowest BCUT2D eigenvalue weighted by atomic mass is 10.1. The highest BCUT2D eigenvalue weighted by molar-refractivity contribution is 5.66. The molecule has 4 rings (SSSR count). The van der Waals surface area contributed by atoms with E-state index in [1.165, 1.54) is 6.07 Å². The number of pyridine rings is 1. The molecule has 0 radical (unpaired) electrons. The Balaban J connectivity index is 1.84. The molecule has 1 aliphatic rings. The molecule has 2 aromatic heterocycles. The van der Waals surface area contributed by atoms with Crippen LogP contribution in [-0.2, 0) is 12.7 Å². The monoisotopic (exact) mass is 360 g/mol. The number of fused-ring (bicyclic) bond motifs is 1. The van der Waals surface area contributed by atoms with Crippen molar-refractivity contribution in [3.8, 4) is 11.3 Å². The van der Waals surface area contributed by atoms with E-state index in [2.05, 4.69) is 15.2 Å².